The van der Waals surface area contributed by atoms with E-state index in [0.717, 1.165) is 5.75 Å². The fraction of sp³-hybridized carbons (Fsp3) is 0.684. The second-order valence-electron chi connectivity index (χ2n) is 7.00. The lowest BCUT2D eigenvalue weighted by Crippen LogP contribution is -2.25. The molecule has 2 heteroatoms. The Hall–Kier alpha value is -0.690. The standard InChI is InChI=1S/C19H29ClO/c1-5-21-17-9-8-15(4)12-16(17)18(20)19(13-14(2)3)10-6-7-11-19/h8-9,12,14,18H,5-7,10-11,13H2,1-4H3. The van der Waals surface area contributed by atoms with Crippen LogP contribution < -0.4 is 4.74 Å². The summed E-state index contributed by atoms with van der Waals surface area (Å²) in [6, 6.07) is 6.42. The predicted molar refractivity (Wildman–Crippen MR) is 91.3 cm³/mol. The Bertz CT molecular complexity index is 461. The number of benzene rings is 1. The van der Waals surface area contributed by atoms with Crippen LogP contribution in [0.3, 0.4) is 0 Å². The number of hydrogen-bond acceptors (Lipinski definition) is 1. The summed E-state index contributed by atoms with van der Waals surface area (Å²) in [6.45, 7) is 9.47. The normalized spacial score (nSPS) is 19.0. The number of aryl methyl sites for hydroxylation is 1. The van der Waals surface area contributed by atoms with E-state index < -0.39 is 0 Å². The van der Waals surface area contributed by atoms with Gasteiger partial charge in [-0.2, -0.15) is 0 Å². The zero-order chi connectivity index (χ0) is 15.5. The second-order valence-corrected chi connectivity index (χ2v) is 7.44. The van der Waals surface area contributed by atoms with Crippen LogP contribution in [0.2, 0.25) is 0 Å². The van der Waals surface area contributed by atoms with Crippen LogP contribution in [0.4, 0.5) is 0 Å². The van der Waals surface area contributed by atoms with Gasteiger partial charge in [0.1, 0.15) is 5.75 Å². The van der Waals surface area contributed by atoms with Crippen LogP contribution in [0.5, 0.6) is 5.75 Å². The van der Waals surface area contributed by atoms with E-state index in [2.05, 4.69) is 39.0 Å². The lowest BCUT2D eigenvalue weighted by Gasteiger charge is -2.36. The Balaban J connectivity index is 2.36. The van der Waals surface area contributed by atoms with E-state index in [1.807, 2.05) is 6.92 Å². The zero-order valence-corrected chi connectivity index (χ0v) is 14.7. The van der Waals surface area contributed by atoms with Gasteiger partial charge in [0.2, 0.25) is 0 Å². The van der Waals surface area contributed by atoms with E-state index in [-0.39, 0.29) is 10.8 Å². The van der Waals surface area contributed by atoms with Crippen molar-refractivity contribution in [2.75, 3.05) is 6.61 Å². The Kier molecular flexibility index (Phi) is 5.60. The van der Waals surface area contributed by atoms with E-state index in [1.54, 1.807) is 0 Å². The molecule has 0 radical (unpaired) electrons. The van der Waals surface area contributed by atoms with Crippen molar-refractivity contribution in [3.63, 3.8) is 0 Å². The summed E-state index contributed by atoms with van der Waals surface area (Å²) in [5.41, 5.74) is 2.70. The Morgan fingerprint density at radius 3 is 2.48 bits per heavy atom. The Labute approximate surface area is 135 Å². The highest BCUT2D eigenvalue weighted by Gasteiger charge is 2.42. The molecule has 0 spiro atoms. The van der Waals surface area contributed by atoms with Crippen molar-refractivity contribution in [2.24, 2.45) is 11.3 Å². The molecule has 1 aromatic rings. The minimum atomic E-state index is 0.0591. The molecule has 1 aromatic carbocycles. The average Bonchev–Trinajstić information content (AvgIpc) is 2.89. The van der Waals surface area contributed by atoms with Crippen LogP contribution in [0.25, 0.3) is 0 Å². The lowest BCUT2D eigenvalue weighted by molar-refractivity contribution is 0.219. The van der Waals surface area contributed by atoms with Crippen molar-refractivity contribution in [2.45, 2.75) is 65.2 Å². The molecule has 0 aromatic heterocycles. The minimum absolute atomic E-state index is 0.0591. The van der Waals surface area contributed by atoms with Gasteiger partial charge < -0.3 is 4.74 Å². The van der Waals surface area contributed by atoms with Crippen LogP contribution in [-0.2, 0) is 0 Å². The van der Waals surface area contributed by atoms with Crippen LogP contribution in [0.15, 0.2) is 18.2 Å². The van der Waals surface area contributed by atoms with Crippen LogP contribution in [-0.4, -0.2) is 6.61 Å². The number of halogens is 1. The van der Waals surface area contributed by atoms with E-state index in [0.29, 0.717) is 12.5 Å². The first-order valence-electron chi connectivity index (χ1n) is 8.36. The molecule has 1 fully saturated rings. The summed E-state index contributed by atoms with van der Waals surface area (Å²) in [5.74, 6) is 1.66. The first kappa shape index (κ1) is 16.7. The fourth-order valence-electron chi connectivity index (χ4n) is 3.94. The van der Waals surface area contributed by atoms with Gasteiger partial charge in [-0.3, -0.25) is 0 Å². The average molecular weight is 309 g/mol. The molecular formula is C19H29ClO. The molecule has 0 N–H and O–H groups in total. The fourth-order valence-corrected chi connectivity index (χ4v) is 4.41. The topological polar surface area (TPSA) is 9.23 Å². The molecule has 1 unspecified atom stereocenters. The van der Waals surface area contributed by atoms with Gasteiger partial charge in [-0.05, 0) is 50.5 Å². The molecule has 1 nitrogen and oxygen atoms in total. The van der Waals surface area contributed by atoms with Gasteiger partial charge in [-0.25, -0.2) is 0 Å². The Morgan fingerprint density at radius 2 is 1.90 bits per heavy atom. The number of hydrogen-bond donors (Lipinski definition) is 0. The monoisotopic (exact) mass is 308 g/mol. The summed E-state index contributed by atoms with van der Waals surface area (Å²) in [7, 11) is 0. The molecule has 1 atom stereocenters. The number of rotatable bonds is 6. The maximum Gasteiger partial charge on any atom is 0.124 e. The van der Waals surface area contributed by atoms with Gasteiger partial charge in [0, 0.05) is 5.56 Å². The van der Waals surface area contributed by atoms with Crippen LogP contribution >= 0.6 is 11.6 Å². The smallest absolute Gasteiger partial charge is 0.124 e. The molecule has 118 valence electrons. The molecule has 1 saturated carbocycles. The van der Waals surface area contributed by atoms with Crippen molar-refractivity contribution in [3.05, 3.63) is 29.3 Å². The highest BCUT2D eigenvalue weighted by molar-refractivity contribution is 6.21. The quantitative estimate of drug-likeness (QED) is 0.562. The van der Waals surface area contributed by atoms with Crippen molar-refractivity contribution in [3.8, 4) is 5.75 Å². The molecule has 1 aliphatic carbocycles. The lowest BCUT2D eigenvalue weighted by atomic mass is 9.73. The third kappa shape index (κ3) is 3.74. The molecule has 0 heterocycles. The maximum atomic E-state index is 7.05. The van der Waals surface area contributed by atoms with E-state index in [9.17, 15) is 0 Å². The largest absolute Gasteiger partial charge is 0.494 e. The first-order valence-corrected chi connectivity index (χ1v) is 8.79. The van der Waals surface area contributed by atoms with Gasteiger partial charge in [0.25, 0.3) is 0 Å². The van der Waals surface area contributed by atoms with Crippen molar-refractivity contribution < 1.29 is 4.74 Å². The summed E-state index contributed by atoms with van der Waals surface area (Å²) >= 11 is 7.05. The third-order valence-electron chi connectivity index (χ3n) is 4.69. The molecule has 1 aliphatic rings. The summed E-state index contributed by atoms with van der Waals surface area (Å²) in [5, 5.41) is 0.0591. The zero-order valence-electron chi connectivity index (χ0n) is 13.9. The summed E-state index contributed by atoms with van der Waals surface area (Å²) in [4.78, 5) is 0. The maximum absolute atomic E-state index is 7.05. The van der Waals surface area contributed by atoms with Crippen LogP contribution in [0, 0.1) is 18.3 Å². The molecule has 0 aliphatic heterocycles. The van der Waals surface area contributed by atoms with E-state index >= 15 is 0 Å². The molecule has 0 bridgehead atoms. The third-order valence-corrected chi connectivity index (χ3v) is 5.39. The highest BCUT2D eigenvalue weighted by Crippen LogP contribution is 2.56. The number of alkyl halides is 1. The second kappa shape index (κ2) is 7.05. The SMILES string of the molecule is CCOc1ccc(C)cc1C(Cl)C1(CC(C)C)CCCC1. The van der Waals surface area contributed by atoms with E-state index in [4.69, 9.17) is 16.3 Å². The van der Waals surface area contributed by atoms with Gasteiger partial charge >= 0.3 is 0 Å². The summed E-state index contributed by atoms with van der Waals surface area (Å²) < 4.78 is 5.84. The molecule has 0 saturated heterocycles. The molecule has 21 heavy (non-hydrogen) atoms. The molecule has 2 rings (SSSR count). The number of ether oxygens (including phenoxy) is 1. The predicted octanol–water partition coefficient (Wildman–Crippen LogP) is 6.28. The first-order chi connectivity index (χ1) is 9.98. The van der Waals surface area contributed by atoms with Gasteiger partial charge in [-0.1, -0.05) is 44.4 Å². The Morgan fingerprint density at radius 1 is 1.24 bits per heavy atom. The highest BCUT2D eigenvalue weighted by atomic mass is 35.5. The molecule has 0 amide bonds. The van der Waals surface area contributed by atoms with E-state index in [1.165, 1.54) is 43.2 Å². The van der Waals surface area contributed by atoms with Gasteiger partial charge in [0.15, 0.2) is 0 Å². The van der Waals surface area contributed by atoms with Crippen molar-refractivity contribution in [1.29, 1.82) is 0 Å². The minimum Gasteiger partial charge on any atom is -0.494 e. The molecular weight excluding hydrogens is 280 g/mol. The van der Waals surface area contributed by atoms with Crippen molar-refractivity contribution >= 4 is 11.6 Å². The summed E-state index contributed by atoms with van der Waals surface area (Å²) in [6.07, 6.45) is 6.33. The van der Waals surface area contributed by atoms with Crippen molar-refractivity contribution in [1.82, 2.24) is 0 Å². The van der Waals surface area contributed by atoms with Gasteiger partial charge in [0.05, 0.1) is 12.0 Å². The van der Waals surface area contributed by atoms with Crippen LogP contribution in [0.1, 0.15) is 69.4 Å². The van der Waals surface area contributed by atoms with Gasteiger partial charge in [-0.15, -0.1) is 11.6 Å².